The Kier molecular flexibility index (Phi) is 6.31. The van der Waals surface area contributed by atoms with Gasteiger partial charge in [-0.05, 0) is 31.0 Å². The van der Waals surface area contributed by atoms with Crippen LogP contribution in [0.5, 0.6) is 5.75 Å². The molecule has 0 radical (unpaired) electrons. The van der Waals surface area contributed by atoms with Gasteiger partial charge in [-0.1, -0.05) is 0 Å². The van der Waals surface area contributed by atoms with Crippen LogP contribution in [0.2, 0.25) is 0 Å². The lowest BCUT2D eigenvalue weighted by Gasteiger charge is -2.42. The van der Waals surface area contributed by atoms with Gasteiger partial charge in [0, 0.05) is 32.2 Å². The fraction of sp³-hybridized carbons (Fsp3) is 0.409. The minimum atomic E-state index is -0.423. The second-order valence-electron chi connectivity index (χ2n) is 7.80. The van der Waals surface area contributed by atoms with Crippen LogP contribution in [0.4, 0.5) is 5.69 Å². The zero-order chi connectivity index (χ0) is 22.7. The van der Waals surface area contributed by atoms with E-state index in [9.17, 15) is 14.4 Å². The molecule has 4 rings (SSSR count). The predicted octanol–water partition coefficient (Wildman–Crippen LogP) is 1.25. The molecule has 168 valence electrons. The van der Waals surface area contributed by atoms with Crippen LogP contribution >= 0.6 is 0 Å². The second-order valence-corrected chi connectivity index (χ2v) is 7.80. The van der Waals surface area contributed by atoms with Gasteiger partial charge in [-0.3, -0.25) is 19.4 Å². The molecule has 2 aliphatic rings. The number of rotatable bonds is 4. The summed E-state index contributed by atoms with van der Waals surface area (Å²) in [4.78, 5) is 46.9. The highest BCUT2D eigenvalue weighted by atomic mass is 16.5. The highest BCUT2D eigenvalue weighted by molar-refractivity contribution is 6.04. The van der Waals surface area contributed by atoms with Crippen molar-refractivity contribution in [3.05, 3.63) is 48.0 Å². The van der Waals surface area contributed by atoms with E-state index in [1.54, 1.807) is 37.2 Å². The predicted molar refractivity (Wildman–Crippen MR) is 114 cm³/mol. The molecule has 0 spiro atoms. The fourth-order valence-electron chi connectivity index (χ4n) is 4.03. The molecule has 3 heterocycles. The summed E-state index contributed by atoms with van der Waals surface area (Å²) in [5, 5.41) is 5.35. The van der Waals surface area contributed by atoms with E-state index in [0.717, 1.165) is 0 Å². The molecule has 1 saturated heterocycles. The highest BCUT2D eigenvalue weighted by Crippen LogP contribution is 2.32. The van der Waals surface area contributed by atoms with Gasteiger partial charge < -0.3 is 25.0 Å². The van der Waals surface area contributed by atoms with Crippen LogP contribution in [0.3, 0.4) is 0 Å². The van der Waals surface area contributed by atoms with E-state index in [2.05, 4.69) is 20.6 Å². The summed E-state index contributed by atoms with van der Waals surface area (Å²) in [5.74, 6) is -0.312. The van der Waals surface area contributed by atoms with Gasteiger partial charge in [-0.2, -0.15) is 0 Å². The Morgan fingerprint density at radius 3 is 2.84 bits per heavy atom. The molecule has 2 N–H and O–H groups in total. The smallest absolute Gasteiger partial charge is 0.275 e. The molecule has 3 amide bonds. The van der Waals surface area contributed by atoms with Crippen LogP contribution in [0.15, 0.2) is 36.8 Å². The molecule has 1 aromatic carbocycles. The normalized spacial score (nSPS) is 22.5. The zero-order valence-electron chi connectivity index (χ0n) is 17.9. The van der Waals surface area contributed by atoms with Crippen molar-refractivity contribution in [1.82, 2.24) is 20.2 Å². The number of carbonyl (C=O) groups is 3. The van der Waals surface area contributed by atoms with Crippen LogP contribution in [0.25, 0.3) is 0 Å². The lowest BCUT2D eigenvalue weighted by atomic mass is 9.94. The minimum absolute atomic E-state index is 0.0777. The van der Waals surface area contributed by atoms with Crippen molar-refractivity contribution in [3.63, 3.8) is 0 Å². The Hall–Kier alpha value is -3.53. The first-order chi connectivity index (χ1) is 15.5. The van der Waals surface area contributed by atoms with Gasteiger partial charge in [0.2, 0.25) is 5.91 Å². The van der Waals surface area contributed by atoms with Crippen molar-refractivity contribution in [2.24, 2.45) is 0 Å². The number of hydrogen-bond donors (Lipinski definition) is 2. The largest absolute Gasteiger partial charge is 0.490 e. The van der Waals surface area contributed by atoms with Crippen LogP contribution in [-0.2, 0) is 9.53 Å². The van der Waals surface area contributed by atoms with E-state index < -0.39 is 5.91 Å². The maximum absolute atomic E-state index is 13.2. The maximum Gasteiger partial charge on any atom is 0.275 e. The molecule has 2 aromatic rings. The quantitative estimate of drug-likeness (QED) is 0.735. The first-order valence-corrected chi connectivity index (χ1v) is 10.4. The molecule has 1 fully saturated rings. The average Bonchev–Trinajstić information content (AvgIpc) is 2.82. The number of aromatic nitrogens is 2. The lowest BCUT2D eigenvalue weighted by Crippen LogP contribution is -2.53. The number of carbonyl (C=O) groups excluding carboxylic acids is 3. The number of nitrogens with zero attached hydrogens (tertiary/aromatic N) is 3. The number of fused-ring (bicyclic) bond motifs is 2. The maximum atomic E-state index is 13.2. The summed E-state index contributed by atoms with van der Waals surface area (Å²) < 4.78 is 12.0. The van der Waals surface area contributed by atoms with Crippen molar-refractivity contribution in [1.29, 1.82) is 0 Å². The summed E-state index contributed by atoms with van der Waals surface area (Å²) in [6.45, 7) is 0.255. The summed E-state index contributed by atoms with van der Waals surface area (Å²) in [6, 6.07) is 4.74. The Balaban J connectivity index is 1.52. The Bertz CT molecular complexity index is 1020. The van der Waals surface area contributed by atoms with Gasteiger partial charge in [0.15, 0.2) is 0 Å². The van der Waals surface area contributed by atoms with Crippen molar-refractivity contribution >= 4 is 23.4 Å². The van der Waals surface area contributed by atoms with E-state index in [1.165, 1.54) is 18.6 Å². The molecule has 2 aliphatic heterocycles. The van der Waals surface area contributed by atoms with E-state index in [1.807, 2.05) is 0 Å². The molecular weight excluding hydrogens is 414 g/mol. The van der Waals surface area contributed by atoms with Gasteiger partial charge in [0.25, 0.3) is 11.8 Å². The van der Waals surface area contributed by atoms with Gasteiger partial charge in [0.05, 0.1) is 30.3 Å². The highest BCUT2D eigenvalue weighted by Gasteiger charge is 2.39. The van der Waals surface area contributed by atoms with Gasteiger partial charge in [0.1, 0.15) is 24.2 Å². The third-order valence-electron chi connectivity index (χ3n) is 5.76. The van der Waals surface area contributed by atoms with E-state index in [0.29, 0.717) is 29.8 Å². The number of hydrogen-bond acceptors (Lipinski definition) is 7. The molecule has 0 bridgehead atoms. The van der Waals surface area contributed by atoms with Crippen LogP contribution < -0.4 is 15.4 Å². The van der Waals surface area contributed by atoms with Crippen molar-refractivity contribution < 1.29 is 23.9 Å². The first-order valence-electron chi connectivity index (χ1n) is 10.4. The van der Waals surface area contributed by atoms with Crippen LogP contribution in [-0.4, -0.2) is 71.5 Å². The topological polar surface area (TPSA) is 123 Å². The first kappa shape index (κ1) is 21.7. The van der Waals surface area contributed by atoms with Crippen molar-refractivity contribution in [2.75, 3.05) is 26.0 Å². The molecule has 1 aromatic heterocycles. The summed E-state index contributed by atoms with van der Waals surface area (Å²) >= 11 is 0. The molecular formula is C22H25N5O5. The molecule has 10 nitrogen and oxygen atoms in total. The second kappa shape index (κ2) is 9.31. The summed E-state index contributed by atoms with van der Waals surface area (Å²) in [7, 11) is 3.34. The zero-order valence-corrected chi connectivity index (χ0v) is 17.9. The monoisotopic (exact) mass is 439 g/mol. The molecule has 10 heteroatoms. The minimum Gasteiger partial charge on any atom is -0.490 e. The summed E-state index contributed by atoms with van der Waals surface area (Å²) in [6.07, 6.45) is 5.40. The standard InChI is InChI=1S/C22H25N5O5/c1-23-20(28)10-14-4-5-17-19(32-14)12-31-18-6-3-13(9-15(18)22(30)27(17)2)26-21(29)16-11-24-7-8-25-16/h3,6-9,11,14,17,19H,4-5,10,12H2,1-2H3,(H,23,28)(H,26,29)/t14-,17-,19-/m0/s1. The molecule has 0 unspecified atom stereocenters. The number of anilines is 1. The Labute approximate surface area is 185 Å². The van der Waals surface area contributed by atoms with Crippen molar-refractivity contribution in [3.8, 4) is 5.75 Å². The fourth-order valence-corrected chi connectivity index (χ4v) is 4.03. The number of ether oxygens (including phenoxy) is 2. The Morgan fingerprint density at radius 2 is 2.09 bits per heavy atom. The van der Waals surface area contributed by atoms with Crippen LogP contribution in [0, 0.1) is 0 Å². The molecule has 0 aliphatic carbocycles. The van der Waals surface area contributed by atoms with E-state index in [4.69, 9.17) is 9.47 Å². The van der Waals surface area contributed by atoms with E-state index in [-0.39, 0.29) is 48.8 Å². The number of benzene rings is 1. The van der Waals surface area contributed by atoms with Gasteiger partial charge >= 0.3 is 0 Å². The van der Waals surface area contributed by atoms with Crippen LogP contribution in [0.1, 0.15) is 40.1 Å². The Morgan fingerprint density at radius 1 is 1.25 bits per heavy atom. The molecule has 3 atom stereocenters. The summed E-state index contributed by atoms with van der Waals surface area (Å²) in [5.41, 5.74) is 0.982. The average molecular weight is 439 g/mol. The van der Waals surface area contributed by atoms with Gasteiger partial charge in [-0.15, -0.1) is 0 Å². The third kappa shape index (κ3) is 4.54. The van der Waals surface area contributed by atoms with E-state index >= 15 is 0 Å². The van der Waals surface area contributed by atoms with Crippen molar-refractivity contribution in [2.45, 2.75) is 37.5 Å². The third-order valence-corrected chi connectivity index (χ3v) is 5.76. The SMILES string of the molecule is CNC(=O)C[C@@H]1CC[C@H]2[C@H](COc3ccc(NC(=O)c4cnccn4)cc3C(=O)N2C)O1. The number of nitrogens with one attached hydrogen (secondary N) is 2. The molecule has 32 heavy (non-hydrogen) atoms. The number of amides is 3. The number of likely N-dealkylation sites (N-methyl/N-ethyl adjacent to an activating group) is 1. The lowest BCUT2D eigenvalue weighted by molar-refractivity contribution is -0.133. The molecule has 0 saturated carbocycles. The van der Waals surface area contributed by atoms with Gasteiger partial charge in [-0.25, -0.2) is 4.98 Å².